The van der Waals surface area contributed by atoms with Crippen LogP contribution in [0.3, 0.4) is 0 Å². The fourth-order valence-corrected chi connectivity index (χ4v) is 4.49. The number of hydrogen-bond acceptors (Lipinski definition) is 6. The van der Waals surface area contributed by atoms with Gasteiger partial charge in [0.1, 0.15) is 12.4 Å². The normalized spacial score (nSPS) is 10.7. The zero-order chi connectivity index (χ0) is 21.3. The van der Waals surface area contributed by atoms with Crippen molar-refractivity contribution in [3.8, 4) is 5.69 Å². The van der Waals surface area contributed by atoms with E-state index in [9.17, 15) is 4.79 Å². The fourth-order valence-electron chi connectivity index (χ4n) is 2.89. The van der Waals surface area contributed by atoms with Crippen molar-refractivity contribution >= 4 is 29.5 Å². The maximum Gasteiger partial charge on any atom is 0.316 e. The third-order valence-electron chi connectivity index (χ3n) is 4.39. The first-order valence-corrected chi connectivity index (χ1v) is 11.8. The zero-order valence-corrected chi connectivity index (χ0v) is 18.4. The van der Waals surface area contributed by atoms with Crippen molar-refractivity contribution in [1.29, 1.82) is 0 Å². The molecule has 0 spiro atoms. The third-order valence-corrected chi connectivity index (χ3v) is 6.30. The minimum atomic E-state index is -0.281. The summed E-state index contributed by atoms with van der Waals surface area (Å²) >= 11 is 3.03. The summed E-state index contributed by atoms with van der Waals surface area (Å²) in [5.41, 5.74) is 1.94. The van der Waals surface area contributed by atoms with E-state index in [1.165, 1.54) is 16.7 Å². The molecule has 31 heavy (non-hydrogen) atoms. The van der Waals surface area contributed by atoms with Crippen LogP contribution in [-0.2, 0) is 21.9 Å². The van der Waals surface area contributed by atoms with E-state index in [-0.39, 0.29) is 18.3 Å². The maximum atomic E-state index is 12.3. The molecule has 0 atom stereocenters. The first kappa shape index (κ1) is 21.2. The van der Waals surface area contributed by atoms with Crippen LogP contribution in [0.5, 0.6) is 0 Å². The lowest BCUT2D eigenvalue weighted by Gasteiger charge is -2.10. The summed E-state index contributed by atoms with van der Waals surface area (Å²) in [6.45, 7) is 0.268. The Hall–Kier alpha value is -3.03. The number of aromatic nitrogens is 3. The molecule has 0 unspecified atom stereocenters. The summed E-state index contributed by atoms with van der Waals surface area (Å²) in [4.78, 5) is 13.4. The topological polar surface area (TPSA) is 57.0 Å². The summed E-state index contributed by atoms with van der Waals surface area (Å²) in [5, 5.41) is 9.42. The number of para-hydroxylation sites is 1. The van der Waals surface area contributed by atoms with E-state index >= 15 is 0 Å². The van der Waals surface area contributed by atoms with Gasteiger partial charge in [0, 0.05) is 10.6 Å². The number of esters is 1. The van der Waals surface area contributed by atoms with Crippen molar-refractivity contribution in [3.05, 3.63) is 102 Å². The Kier molecular flexibility index (Phi) is 7.41. The number of ether oxygens (including phenoxy) is 1. The lowest BCUT2D eigenvalue weighted by molar-refractivity contribution is -0.141. The predicted octanol–water partition coefficient (Wildman–Crippen LogP) is 5.40. The highest BCUT2D eigenvalue weighted by Crippen LogP contribution is 2.27. The van der Waals surface area contributed by atoms with Crippen LogP contribution >= 0.6 is 23.5 Å². The van der Waals surface area contributed by atoms with E-state index in [2.05, 4.69) is 22.3 Å². The van der Waals surface area contributed by atoms with Crippen molar-refractivity contribution in [1.82, 2.24) is 14.8 Å². The number of benzene rings is 3. The highest BCUT2D eigenvalue weighted by atomic mass is 32.2. The van der Waals surface area contributed by atoms with Crippen molar-refractivity contribution < 1.29 is 9.53 Å². The molecule has 4 aromatic rings. The third kappa shape index (κ3) is 5.99. The highest BCUT2D eigenvalue weighted by Gasteiger charge is 2.16. The average molecular weight is 448 g/mol. The summed E-state index contributed by atoms with van der Waals surface area (Å²) in [7, 11) is 0. The molecule has 3 aromatic carbocycles. The van der Waals surface area contributed by atoms with Crippen LogP contribution in [0.25, 0.3) is 5.69 Å². The summed E-state index contributed by atoms with van der Waals surface area (Å²) in [6, 6.07) is 29.8. The minimum Gasteiger partial charge on any atom is -0.460 e. The Balaban J connectivity index is 1.44. The smallest absolute Gasteiger partial charge is 0.316 e. The van der Waals surface area contributed by atoms with E-state index in [4.69, 9.17) is 4.74 Å². The lowest BCUT2D eigenvalue weighted by atomic mass is 10.2. The van der Waals surface area contributed by atoms with Crippen LogP contribution < -0.4 is 0 Å². The van der Waals surface area contributed by atoms with Gasteiger partial charge in [0.15, 0.2) is 5.16 Å². The molecule has 0 aliphatic rings. The second kappa shape index (κ2) is 10.8. The molecule has 1 heterocycles. The fraction of sp³-hybridized carbons (Fsp3) is 0.125. The lowest BCUT2D eigenvalue weighted by Crippen LogP contribution is -2.09. The van der Waals surface area contributed by atoms with Gasteiger partial charge in [0.25, 0.3) is 0 Å². The molecule has 0 radical (unpaired) electrons. The van der Waals surface area contributed by atoms with Crippen LogP contribution in [0.2, 0.25) is 0 Å². The van der Waals surface area contributed by atoms with Gasteiger partial charge in [-0.05, 0) is 29.8 Å². The number of hydrogen-bond donors (Lipinski definition) is 0. The average Bonchev–Trinajstić information content (AvgIpc) is 3.25. The van der Waals surface area contributed by atoms with E-state index in [1.54, 1.807) is 11.8 Å². The number of rotatable bonds is 9. The molecule has 0 saturated carbocycles. The number of carbonyl (C=O) groups excluding carboxylic acids is 1. The largest absolute Gasteiger partial charge is 0.460 e. The van der Waals surface area contributed by atoms with Crippen LogP contribution in [-0.4, -0.2) is 26.5 Å². The van der Waals surface area contributed by atoms with Gasteiger partial charge >= 0.3 is 5.97 Å². The van der Waals surface area contributed by atoms with Gasteiger partial charge in [-0.25, -0.2) is 0 Å². The van der Waals surface area contributed by atoms with E-state index < -0.39 is 0 Å². The molecule has 0 aliphatic heterocycles. The van der Waals surface area contributed by atoms with Crippen LogP contribution in [0.4, 0.5) is 0 Å². The van der Waals surface area contributed by atoms with Gasteiger partial charge in [0.2, 0.25) is 0 Å². The van der Waals surface area contributed by atoms with Crippen molar-refractivity contribution in [3.63, 3.8) is 0 Å². The molecule has 4 rings (SSSR count). The Morgan fingerprint density at radius 3 is 2.16 bits per heavy atom. The molecule has 7 heteroatoms. The number of thioether (sulfide) groups is 2. The molecule has 0 N–H and O–H groups in total. The molecule has 5 nitrogen and oxygen atoms in total. The maximum absolute atomic E-state index is 12.3. The number of nitrogens with zero attached hydrogens (tertiary/aromatic N) is 3. The van der Waals surface area contributed by atoms with E-state index in [0.29, 0.717) is 10.9 Å². The Morgan fingerprint density at radius 1 is 0.806 bits per heavy atom. The van der Waals surface area contributed by atoms with Crippen LogP contribution in [0.1, 0.15) is 11.4 Å². The predicted molar refractivity (Wildman–Crippen MR) is 124 cm³/mol. The quantitative estimate of drug-likeness (QED) is 0.253. The molecule has 0 aliphatic carbocycles. The standard InChI is InChI=1S/C24H21N3O2S2/c28-23(29-16-19-10-4-1-5-11-19)18-31-24-26-25-22(17-30-21-14-8-3-9-15-21)27(24)20-12-6-2-7-13-20/h1-15H,16-18H2. The van der Waals surface area contributed by atoms with Gasteiger partial charge in [0.05, 0.1) is 11.5 Å². The molecule has 1 aromatic heterocycles. The molecule has 0 fully saturated rings. The summed E-state index contributed by atoms with van der Waals surface area (Å²) in [6.07, 6.45) is 0. The zero-order valence-electron chi connectivity index (χ0n) is 16.8. The van der Waals surface area contributed by atoms with Crippen molar-refractivity contribution in [2.75, 3.05) is 5.75 Å². The van der Waals surface area contributed by atoms with Crippen LogP contribution in [0.15, 0.2) is 101 Å². The second-order valence-electron chi connectivity index (χ2n) is 6.61. The van der Waals surface area contributed by atoms with Crippen LogP contribution in [0, 0.1) is 0 Å². The SMILES string of the molecule is O=C(CSc1nnc(CSc2ccccc2)n1-c1ccccc1)OCc1ccccc1. The Bertz CT molecular complexity index is 1100. The first-order valence-electron chi connectivity index (χ1n) is 9.79. The van der Waals surface area contributed by atoms with Gasteiger partial charge in [-0.2, -0.15) is 0 Å². The molecular formula is C24H21N3O2S2. The summed E-state index contributed by atoms with van der Waals surface area (Å²) in [5.74, 6) is 1.39. The minimum absolute atomic E-state index is 0.170. The molecular weight excluding hydrogens is 426 g/mol. The van der Waals surface area contributed by atoms with Crippen molar-refractivity contribution in [2.45, 2.75) is 22.4 Å². The summed E-state index contributed by atoms with van der Waals surface area (Å²) < 4.78 is 7.39. The monoisotopic (exact) mass is 447 g/mol. The molecule has 0 amide bonds. The van der Waals surface area contributed by atoms with Gasteiger partial charge < -0.3 is 4.74 Å². The van der Waals surface area contributed by atoms with Gasteiger partial charge in [-0.1, -0.05) is 78.5 Å². The molecule has 0 bridgehead atoms. The second-order valence-corrected chi connectivity index (χ2v) is 8.60. The Labute approximate surface area is 189 Å². The first-order chi connectivity index (χ1) is 15.3. The van der Waals surface area contributed by atoms with Gasteiger partial charge in [-0.15, -0.1) is 22.0 Å². The highest BCUT2D eigenvalue weighted by molar-refractivity contribution is 7.99. The number of carbonyl (C=O) groups is 1. The molecule has 156 valence electrons. The van der Waals surface area contributed by atoms with E-state index in [0.717, 1.165) is 17.1 Å². The Morgan fingerprint density at radius 2 is 1.45 bits per heavy atom. The van der Waals surface area contributed by atoms with Crippen molar-refractivity contribution in [2.24, 2.45) is 0 Å². The van der Waals surface area contributed by atoms with E-state index in [1.807, 2.05) is 83.4 Å². The molecule has 0 saturated heterocycles. The van der Waals surface area contributed by atoms with Gasteiger partial charge in [-0.3, -0.25) is 9.36 Å².